The van der Waals surface area contributed by atoms with Gasteiger partial charge in [0.25, 0.3) is 0 Å². The van der Waals surface area contributed by atoms with E-state index in [1.54, 1.807) is 13.1 Å². The fourth-order valence-corrected chi connectivity index (χ4v) is 2.44. The highest BCUT2D eigenvalue weighted by Gasteiger charge is 2.30. The average Bonchev–Trinajstić information content (AvgIpc) is 2.63. The second kappa shape index (κ2) is 5.14. The molecule has 0 fully saturated rings. The van der Waals surface area contributed by atoms with E-state index in [1.807, 2.05) is 18.0 Å². The van der Waals surface area contributed by atoms with Gasteiger partial charge < -0.3 is 20.6 Å². The molecule has 0 spiro atoms. The third-order valence-corrected chi connectivity index (χ3v) is 3.39. The lowest BCUT2D eigenvalue weighted by molar-refractivity contribution is -0.117. The van der Waals surface area contributed by atoms with E-state index in [1.165, 1.54) is 0 Å². The van der Waals surface area contributed by atoms with Gasteiger partial charge in [0.05, 0.1) is 17.3 Å². The molecule has 5 nitrogen and oxygen atoms in total. The molecule has 0 aliphatic carbocycles. The van der Waals surface area contributed by atoms with Crippen molar-refractivity contribution >= 4 is 28.9 Å². The Morgan fingerprint density at radius 3 is 2.89 bits per heavy atom. The minimum absolute atomic E-state index is 0.0510. The Hall–Kier alpha value is -1.30. The lowest BCUT2D eigenvalue weighted by Gasteiger charge is -2.20. The summed E-state index contributed by atoms with van der Waals surface area (Å²) in [6.45, 7) is 0.539. The van der Waals surface area contributed by atoms with Crippen LogP contribution in [0.4, 0.5) is 11.4 Å². The molecule has 1 aliphatic rings. The molecular formula is C12H16ClN3O2. The molecule has 3 N–H and O–H groups in total. The van der Waals surface area contributed by atoms with E-state index in [2.05, 4.69) is 10.6 Å². The predicted octanol–water partition coefficient (Wildman–Crippen LogP) is 0.981. The number of benzene rings is 1. The van der Waals surface area contributed by atoms with E-state index < -0.39 is 0 Å². The summed E-state index contributed by atoms with van der Waals surface area (Å²) in [6, 6.07) is 3.27. The monoisotopic (exact) mass is 269 g/mol. The van der Waals surface area contributed by atoms with Gasteiger partial charge in [0.2, 0.25) is 5.91 Å². The lowest BCUT2D eigenvalue weighted by atomic mass is 10.1. The van der Waals surface area contributed by atoms with Gasteiger partial charge >= 0.3 is 0 Å². The molecule has 1 heterocycles. The topological polar surface area (TPSA) is 64.6 Å². The maximum absolute atomic E-state index is 11.7. The Labute approximate surface area is 111 Å². The maximum atomic E-state index is 11.7. The fourth-order valence-electron chi connectivity index (χ4n) is 2.12. The van der Waals surface area contributed by atoms with Gasteiger partial charge in [-0.2, -0.15) is 0 Å². The first-order valence-electron chi connectivity index (χ1n) is 5.72. The van der Waals surface area contributed by atoms with Crippen LogP contribution in [-0.4, -0.2) is 38.3 Å². The number of nitrogens with zero attached hydrogens (tertiary/aromatic N) is 1. The number of nitrogens with one attached hydrogen (secondary N) is 2. The molecule has 1 amide bonds. The summed E-state index contributed by atoms with van der Waals surface area (Å²) in [5, 5.41) is 15.3. The van der Waals surface area contributed by atoms with Crippen molar-refractivity contribution < 1.29 is 9.90 Å². The van der Waals surface area contributed by atoms with E-state index in [0.29, 0.717) is 11.6 Å². The molecule has 1 unspecified atom stereocenters. The van der Waals surface area contributed by atoms with Crippen molar-refractivity contribution in [2.24, 2.45) is 0 Å². The van der Waals surface area contributed by atoms with Crippen LogP contribution in [0.3, 0.4) is 0 Å². The van der Waals surface area contributed by atoms with Crippen molar-refractivity contribution in [1.82, 2.24) is 5.32 Å². The quantitative estimate of drug-likeness (QED) is 0.763. The third-order valence-electron chi connectivity index (χ3n) is 3.09. The number of halogens is 1. The first kappa shape index (κ1) is 13.1. The zero-order valence-corrected chi connectivity index (χ0v) is 11.1. The zero-order chi connectivity index (χ0) is 13.3. The Balaban J connectivity index is 2.39. The molecule has 18 heavy (non-hydrogen) atoms. The van der Waals surface area contributed by atoms with Crippen LogP contribution in [0.15, 0.2) is 12.1 Å². The number of fused-ring (bicyclic) bond motifs is 1. The summed E-state index contributed by atoms with van der Waals surface area (Å²) in [4.78, 5) is 13.6. The molecule has 6 heteroatoms. The van der Waals surface area contributed by atoms with Gasteiger partial charge in [0, 0.05) is 24.8 Å². The average molecular weight is 270 g/mol. The van der Waals surface area contributed by atoms with E-state index in [-0.39, 0.29) is 18.6 Å². The van der Waals surface area contributed by atoms with Gasteiger partial charge in [0.15, 0.2) is 0 Å². The minimum Gasteiger partial charge on any atom is -0.395 e. The number of amides is 1. The van der Waals surface area contributed by atoms with Gasteiger partial charge in [-0.3, -0.25) is 4.79 Å². The van der Waals surface area contributed by atoms with Gasteiger partial charge in [-0.1, -0.05) is 11.6 Å². The smallest absolute Gasteiger partial charge is 0.246 e. The second-order valence-electron chi connectivity index (χ2n) is 4.25. The molecule has 0 saturated carbocycles. The summed E-state index contributed by atoms with van der Waals surface area (Å²) in [6.07, 6.45) is 0. The van der Waals surface area contributed by atoms with Gasteiger partial charge in [0.1, 0.15) is 6.04 Å². The Morgan fingerprint density at radius 1 is 1.56 bits per heavy atom. The normalized spacial score (nSPS) is 17.6. The number of aliphatic hydroxyl groups is 1. The highest BCUT2D eigenvalue weighted by molar-refractivity contribution is 6.33. The molecule has 0 aromatic heterocycles. The maximum Gasteiger partial charge on any atom is 0.246 e. The summed E-state index contributed by atoms with van der Waals surface area (Å²) >= 11 is 6.22. The van der Waals surface area contributed by atoms with Crippen LogP contribution >= 0.6 is 11.6 Å². The number of rotatable bonds is 4. The van der Waals surface area contributed by atoms with Crippen molar-refractivity contribution in [3.63, 3.8) is 0 Å². The van der Waals surface area contributed by atoms with Crippen molar-refractivity contribution in [2.45, 2.75) is 6.04 Å². The van der Waals surface area contributed by atoms with Crippen molar-refractivity contribution in [3.8, 4) is 0 Å². The van der Waals surface area contributed by atoms with E-state index in [4.69, 9.17) is 16.7 Å². The number of aliphatic hydroxyl groups excluding tert-OH is 1. The molecule has 0 radical (unpaired) electrons. The highest BCUT2D eigenvalue weighted by atomic mass is 35.5. The van der Waals surface area contributed by atoms with Crippen LogP contribution in [0.25, 0.3) is 0 Å². The Bertz CT molecular complexity index is 479. The number of carbonyl (C=O) groups excluding carboxylic acids is 1. The highest BCUT2D eigenvalue weighted by Crippen LogP contribution is 2.38. The molecule has 2 rings (SSSR count). The zero-order valence-electron chi connectivity index (χ0n) is 10.3. The predicted molar refractivity (Wildman–Crippen MR) is 72.2 cm³/mol. The Morgan fingerprint density at radius 2 is 2.28 bits per heavy atom. The van der Waals surface area contributed by atoms with Crippen LogP contribution in [0.1, 0.15) is 11.6 Å². The molecule has 1 aromatic carbocycles. The molecule has 0 saturated heterocycles. The SMILES string of the molecule is CNC1C(=O)Nc2cc(N(C)CCO)c(Cl)cc21. The number of hydrogen-bond donors (Lipinski definition) is 3. The molecule has 1 aliphatic heterocycles. The first-order valence-corrected chi connectivity index (χ1v) is 6.10. The summed E-state index contributed by atoms with van der Waals surface area (Å²) in [7, 11) is 3.58. The molecule has 98 valence electrons. The van der Waals surface area contributed by atoms with E-state index in [0.717, 1.165) is 16.9 Å². The first-order chi connectivity index (χ1) is 8.58. The summed E-state index contributed by atoms with van der Waals surface area (Å²) < 4.78 is 0. The molecule has 0 bridgehead atoms. The van der Waals surface area contributed by atoms with Crippen LogP contribution in [-0.2, 0) is 4.79 Å². The van der Waals surface area contributed by atoms with Crippen molar-refractivity contribution in [2.75, 3.05) is 37.5 Å². The van der Waals surface area contributed by atoms with Crippen LogP contribution in [0.2, 0.25) is 5.02 Å². The van der Waals surface area contributed by atoms with Gasteiger partial charge in [-0.25, -0.2) is 0 Å². The third kappa shape index (κ3) is 2.16. The summed E-state index contributed by atoms with van der Waals surface area (Å²) in [5.41, 5.74) is 2.42. The van der Waals surface area contributed by atoms with Crippen LogP contribution in [0, 0.1) is 0 Å². The lowest BCUT2D eigenvalue weighted by Crippen LogP contribution is -2.23. The van der Waals surface area contributed by atoms with Crippen molar-refractivity contribution in [1.29, 1.82) is 0 Å². The number of hydrogen-bond acceptors (Lipinski definition) is 4. The van der Waals surface area contributed by atoms with E-state index in [9.17, 15) is 4.79 Å². The minimum atomic E-state index is -0.352. The Kier molecular flexibility index (Phi) is 3.75. The standard InChI is InChI=1S/C12H16ClN3O2/c1-14-11-7-5-8(13)10(16(2)3-4-17)6-9(7)15-12(11)18/h5-6,11,14,17H,3-4H2,1-2H3,(H,15,18). The molecule has 1 aromatic rings. The molecule has 1 atom stereocenters. The van der Waals surface area contributed by atoms with Crippen LogP contribution in [0.5, 0.6) is 0 Å². The number of anilines is 2. The largest absolute Gasteiger partial charge is 0.395 e. The van der Waals surface area contributed by atoms with Crippen LogP contribution < -0.4 is 15.5 Å². The molecular weight excluding hydrogens is 254 g/mol. The van der Waals surface area contributed by atoms with Crippen molar-refractivity contribution in [3.05, 3.63) is 22.7 Å². The second-order valence-corrected chi connectivity index (χ2v) is 4.65. The number of likely N-dealkylation sites (N-methyl/N-ethyl adjacent to an activating group) is 2. The fraction of sp³-hybridized carbons (Fsp3) is 0.417. The summed E-state index contributed by atoms with van der Waals surface area (Å²) in [5.74, 6) is -0.0782. The number of carbonyl (C=O) groups is 1. The van der Waals surface area contributed by atoms with Gasteiger partial charge in [-0.05, 0) is 19.2 Å². The van der Waals surface area contributed by atoms with E-state index >= 15 is 0 Å². The van der Waals surface area contributed by atoms with Gasteiger partial charge in [-0.15, -0.1) is 0 Å².